The molecule has 1 unspecified atom stereocenters. The number of anilines is 1. The predicted molar refractivity (Wildman–Crippen MR) is 80.6 cm³/mol. The van der Waals surface area contributed by atoms with Gasteiger partial charge in [-0.2, -0.15) is 0 Å². The lowest BCUT2D eigenvalue weighted by atomic mass is 9.89. The second-order valence-electron chi connectivity index (χ2n) is 6.57. The van der Waals surface area contributed by atoms with E-state index in [0.29, 0.717) is 11.1 Å². The number of nitrogens with one attached hydrogen (secondary N) is 1. The summed E-state index contributed by atoms with van der Waals surface area (Å²) in [7, 11) is 0. The Kier molecular flexibility index (Phi) is 4.13. The quantitative estimate of drug-likeness (QED) is 0.921. The first-order chi connectivity index (χ1) is 10.1. The molecule has 0 aromatic heterocycles. The van der Waals surface area contributed by atoms with Crippen LogP contribution in [0.4, 0.5) is 14.5 Å². The highest BCUT2D eigenvalue weighted by Gasteiger charge is 2.32. The molecule has 2 aliphatic rings. The lowest BCUT2D eigenvalue weighted by Gasteiger charge is -2.39. The van der Waals surface area contributed by atoms with Crippen LogP contribution in [0.1, 0.15) is 13.3 Å². The van der Waals surface area contributed by atoms with E-state index in [9.17, 15) is 8.78 Å². The molecule has 21 heavy (non-hydrogen) atoms. The van der Waals surface area contributed by atoms with E-state index in [2.05, 4.69) is 17.1 Å². The van der Waals surface area contributed by atoms with Crippen molar-refractivity contribution in [2.45, 2.75) is 13.3 Å². The normalized spacial score (nSPS) is 27.3. The van der Waals surface area contributed by atoms with Crippen LogP contribution in [-0.2, 0) is 0 Å². The van der Waals surface area contributed by atoms with Gasteiger partial charge in [0.25, 0.3) is 0 Å². The van der Waals surface area contributed by atoms with Crippen LogP contribution in [0.5, 0.6) is 0 Å². The van der Waals surface area contributed by atoms with Crippen molar-refractivity contribution in [2.75, 3.05) is 50.7 Å². The average molecular weight is 295 g/mol. The van der Waals surface area contributed by atoms with Crippen molar-refractivity contribution in [2.24, 2.45) is 5.41 Å². The molecule has 2 saturated heterocycles. The third-order valence-electron chi connectivity index (χ3n) is 4.71. The zero-order valence-electron chi connectivity index (χ0n) is 12.5. The lowest BCUT2D eigenvalue weighted by Crippen LogP contribution is -2.50. The summed E-state index contributed by atoms with van der Waals surface area (Å²) in [5, 5.41) is 3.42. The number of hydrogen-bond donors (Lipinski definition) is 1. The predicted octanol–water partition coefficient (Wildman–Crippen LogP) is 2.09. The summed E-state index contributed by atoms with van der Waals surface area (Å²) in [6.07, 6.45) is 1.21. The van der Waals surface area contributed by atoms with E-state index in [1.54, 1.807) is 12.1 Å². The van der Waals surface area contributed by atoms with Gasteiger partial charge in [0, 0.05) is 39.3 Å². The van der Waals surface area contributed by atoms with Gasteiger partial charge >= 0.3 is 0 Å². The fourth-order valence-corrected chi connectivity index (χ4v) is 3.43. The Morgan fingerprint density at radius 2 is 1.95 bits per heavy atom. The highest BCUT2D eigenvalue weighted by molar-refractivity contribution is 5.48. The summed E-state index contributed by atoms with van der Waals surface area (Å²) in [4.78, 5) is 4.39. The number of halogens is 2. The summed E-state index contributed by atoms with van der Waals surface area (Å²) >= 11 is 0. The van der Waals surface area contributed by atoms with E-state index in [1.807, 2.05) is 4.90 Å². The minimum absolute atomic E-state index is 0.353. The highest BCUT2D eigenvalue weighted by atomic mass is 19.2. The van der Waals surface area contributed by atoms with Crippen molar-refractivity contribution in [3.05, 3.63) is 29.8 Å². The summed E-state index contributed by atoms with van der Waals surface area (Å²) < 4.78 is 27.1. The molecule has 1 aromatic rings. The van der Waals surface area contributed by atoms with Crippen LogP contribution >= 0.6 is 0 Å². The van der Waals surface area contributed by atoms with Gasteiger partial charge in [0.1, 0.15) is 0 Å². The fraction of sp³-hybridized carbons (Fsp3) is 0.625. The molecule has 3 nitrogen and oxygen atoms in total. The Hall–Kier alpha value is -1.20. The van der Waals surface area contributed by atoms with Gasteiger partial charge in [-0.1, -0.05) is 13.0 Å². The molecule has 0 aliphatic carbocycles. The van der Waals surface area contributed by atoms with Crippen LogP contribution in [0.15, 0.2) is 18.2 Å². The number of piperazine rings is 1. The molecule has 0 amide bonds. The fourth-order valence-electron chi connectivity index (χ4n) is 3.43. The maximum Gasteiger partial charge on any atom is 0.182 e. The van der Waals surface area contributed by atoms with E-state index >= 15 is 0 Å². The van der Waals surface area contributed by atoms with Gasteiger partial charge in [0.2, 0.25) is 0 Å². The molecule has 3 rings (SSSR count). The van der Waals surface area contributed by atoms with E-state index in [1.165, 1.54) is 12.5 Å². The Balaban J connectivity index is 1.59. The largest absolute Gasteiger partial charge is 0.367 e. The van der Waals surface area contributed by atoms with Gasteiger partial charge in [-0.25, -0.2) is 8.78 Å². The van der Waals surface area contributed by atoms with Crippen molar-refractivity contribution in [1.29, 1.82) is 0 Å². The van der Waals surface area contributed by atoms with Crippen LogP contribution in [0.2, 0.25) is 0 Å². The molecule has 0 radical (unpaired) electrons. The molecular formula is C16H23F2N3. The Labute approximate surface area is 124 Å². The molecule has 5 heteroatoms. The summed E-state index contributed by atoms with van der Waals surface area (Å²) in [5.74, 6) is -1.49. The van der Waals surface area contributed by atoms with E-state index in [0.717, 1.165) is 45.8 Å². The summed E-state index contributed by atoms with van der Waals surface area (Å²) in [5.41, 5.74) is 0.745. The molecule has 2 fully saturated rings. The van der Waals surface area contributed by atoms with E-state index < -0.39 is 11.6 Å². The second kappa shape index (κ2) is 5.89. The SMILES string of the molecule is CC1(CN2CCN(c3cccc(F)c3F)CC2)CCNC1. The minimum Gasteiger partial charge on any atom is -0.367 e. The van der Waals surface area contributed by atoms with Crippen molar-refractivity contribution < 1.29 is 8.78 Å². The van der Waals surface area contributed by atoms with Gasteiger partial charge in [-0.15, -0.1) is 0 Å². The van der Waals surface area contributed by atoms with Crippen LogP contribution < -0.4 is 10.2 Å². The van der Waals surface area contributed by atoms with Gasteiger partial charge in [-0.05, 0) is 30.5 Å². The lowest BCUT2D eigenvalue weighted by molar-refractivity contribution is 0.169. The van der Waals surface area contributed by atoms with Crippen molar-refractivity contribution in [1.82, 2.24) is 10.2 Å². The Bertz CT molecular complexity index is 492. The van der Waals surface area contributed by atoms with Crippen LogP contribution in [-0.4, -0.2) is 50.7 Å². The minimum atomic E-state index is -0.764. The third-order valence-corrected chi connectivity index (χ3v) is 4.71. The first-order valence-corrected chi connectivity index (χ1v) is 7.69. The molecule has 0 saturated carbocycles. The molecule has 116 valence electrons. The zero-order chi connectivity index (χ0) is 14.9. The summed E-state index contributed by atoms with van der Waals surface area (Å²) in [6.45, 7) is 8.91. The molecule has 1 aromatic carbocycles. The maximum atomic E-state index is 13.8. The maximum absolute atomic E-state index is 13.8. The van der Waals surface area contributed by atoms with Crippen molar-refractivity contribution >= 4 is 5.69 Å². The number of nitrogens with zero attached hydrogens (tertiary/aromatic N) is 2. The zero-order valence-corrected chi connectivity index (χ0v) is 12.5. The van der Waals surface area contributed by atoms with E-state index in [4.69, 9.17) is 0 Å². The molecule has 0 bridgehead atoms. The monoisotopic (exact) mass is 295 g/mol. The first-order valence-electron chi connectivity index (χ1n) is 7.69. The molecule has 2 heterocycles. The molecule has 0 spiro atoms. The van der Waals surface area contributed by atoms with Gasteiger partial charge in [0.05, 0.1) is 5.69 Å². The smallest absolute Gasteiger partial charge is 0.182 e. The highest BCUT2D eigenvalue weighted by Crippen LogP contribution is 2.27. The standard InChI is InChI=1S/C16H23F2N3/c1-16(5-6-19-11-16)12-20-7-9-21(10-8-20)14-4-2-3-13(17)15(14)18/h2-4,19H,5-12H2,1H3. The topological polar surface area (TPSA) is 18.5 Å². The first kappa shape index (κ1) is 14.7. The molecule has 1 N–H and O–H groups in total. The van der Waals surface area contributed by atoms with Gasteiger partial charge < -0.3 is 10.2 Å². The molecule has 2 aliphatic heterocycles. The van der Waals surface area contributed by atoms with Crippen molar-refractivity contribution in [3.63, 3.8) is 0 Å². The van der Waals surface area contributed by atoms with Crippen molar-refractivity contribution in [3.8, 4) is 0 Å². The average Bonchev–Trinajstić information content (AvgIpc) is 2.89. The Morgan fingerprint density at radius 3 is 2.62 bits per heavy atom. The summed E-state index contributed by atoms with van der Waals surface area (Å²) in [6, 6.07) is 4.41. The van der Waals surface area contributed by atoms with Crippen LogP contribution in [0.25, 0.3) is 0 Å². The number of benzene rings is 1. The third kappa shape index (κ3) is 3.19. The van der Waals surface area contributed by atoms with Crippen LogP contribution in [0, 0.1) is 17.0 Å². The van der Waals surface area contributed by atoms with Crippen LogP contribution in [0.3, 0.4) is 0 Å². The molecule has 1 atom stereocenters. The van der Waals surface area contributed by atoms with Gasteiger partial charge in [0.15, 0.2) is 11.6 Å². The number of rotatable bonds is 3. The van der Waals surface area contributed by atoms with Gasteiger partial charge in [-0.3, -0.25) is 4.90 Å². The molecular weight excluding hydrogens is 272 g/mol. The van der Waals surface area contributed by atoms with E-state index in [-0.39, 0.29) is 0 Å². The second-order valence-corrected chi connectivity index (χ2v) is 6.57. The number of hydrogen-bond acceptors (Lipinski definition) is 3. The Morgan fingerprint density at radius 1 is 1.19 bits per heavy atom.